The number of carboxylic acid groups (broad SMARTS) is 3. The van der Waals surface area contributed by atoms with E-state index < -0.39 is 140 Å². The summed E-state index contributed by atoms with van der Waals surface area (Å²) in [5.74, 6) is -8.99. The standard InChI is InChI=1S/C50H77BN6O14/c1-11-12-17-37(51-70-36-25-30-24-35(49(30,8)9)50(36,10)71-51)56-45(67)32(22-27(2)3)55-47(69)42(48(5,6)7)57-46(68)33(23-29-16-14-13-15-28(29)4)54-43(65)31(18-20-39(59)60)53-44(66)34(26-41(63)64)52-38(58)19-21-40(61)62/h13-16,27,30-37,42H,11-12,17-26H2,1-10H3,(H,52,58)(H,53,66)(H,54,65)(H,55,69)(H,56,67)(H,57,68)(H,59,60)(H,61,62)(H,63,64)/t30-,31-,32-,33-,34-,35-,36+,37-,42+,50-/m0/s1. The Bertz CT molecular complexity index is 2130. The summed E-state index contributed by atoms with van der Waals surface area (Å²) < 4.78 is 13.4. The minimum absolute atomic E-state index is 0.0477. The first-order chi connectivity index (χ1) is 33.1. The van der Waals surface area contributed by atoms with Gasteiger partial charge in [0.2, 0.25) is 35.4 Å². The number of carbonyl (C=O) groups is 9. The Morgan fingerprint density at radius 2 is 1.31 bits per heavy atom. The number of benzene rings is 1. The van der Waals surface area contributed by atoms with Crippen LogP contribution < -0.4 is 31.9 Å². The molecule has 1 aliphatic heterocycles. The van der Waals surface area contributed by atoms with Gasteiger partial charge in [-0.3, -0.25) is 43.2 Å². The second kappa shape index (κ2) is 24.7. The highest BCUT2D eigenvalue weighted by Gasteiger charge is 2.68. The molecule has 4 aliphatic rings. The fraction of sp³-hybridized carbons (Fsp3) is 0.700. The van der Waals surface area contributed by atoms with E-state index in [4.69, 9.17) is 14.4 Å². The SMILES string of the molecule is CCCC[C@H](NC(=O)[C@H](CC(C)C)NC(=O)[C@@H](NC(=O)[C@H](Cc1ccccc1C)NC(=O)[C@H](CCC(=O)O)NC(=O)[C@H](CC(=O)O)NC(=O)CCC(=O)O)C(C)(C)C)B1O[C@@H]2C[C@@H]3C[C@@H](C3(C)C)[C@]2(C)O1. The molecule has 1 aromatic rings. The highest BCUT2D eigenvalue weighted by Crippen LogP contribution is 2.65. The molecule has 2 bridgehead atoms. The van der Waals surface area contributed by atoms with E-state index in [1.165, 1.54) is 0 Å². The monoisotopic (exact) mass is 997 g/mol. The van der Waals surface area contributed by atoms with Crippen LogP contribution in [0.5, 0.6) is 0 Å². The van der Waals surface area contributed by atoms with Crippen LogP contribution in [0.25, 0.3) is 0 Å². The Hall–Kier alpha value is -5.57. The van der Waals surface area contributed by atoms with Crippen molar-refractivity contribution >= 4 is 60.5 Å². The lowest BCUT2D eigenvalue weighted by molar-refractivity contribution is -0.199. The first kappa shape index (κ1) is 58.0. The van der Waals surface area contributed by atoms with E-state index in [2.05, 4.69) is 59.6 Å². The Morgan fingerprint density at radius 3 is 1.89 bits per heavy atom. The molecule has 5 rings (SSSR count). The van der Waals surface area contributed by atoms with Crippen LogP contribution in [0.3, 0.4) is 0 Å². The second-order valence-corrected chi connectivity index (χ2v) is 21.9. The van der Waals surface area contributed by atoms with Crippen molar-refractivity contribution in [1.82, 2.24) is 31.9 Å². The fourth-order valence-corrected chi connectivity index (χ4v) is 10.2. The van der Waals surface area contributed by atoms with Crippen molar-refractivity contribution in [3.05, 3.63) is 35.4 Å². The first-order valence-corrected chi connectivity index (χ1v) is 24.9. The topological polar surface area (TPSA) is 305 Å². The smallest absolute Gasteiger partial charge is 0.481 e. The number of amides is 6. The summed E-state index contributed by atoms with van der Waals surface area (Å²) in [6.45, 7) is 19.5. The fourth-order valence-electron chi connectivity index (χ4n) is 10.2. The van der Waals surface area contributed by atoms with Gasteiger partial charge in [-0.25, -0.2) is 0 Å². The highest BCUT2D eigenvalue weighted by molar-refractivity contribution is 6.48. The lowest BCUT2D eigenvalue weighted by Crippen LogP contribution is -2.65. The van der Waals surface area contributed by atoms with Gasteiger partial charge in [-0.2, -0.15) is 0 Å². The molecular formula is C50H77BN6O14. The van der Waals surface area contributed by atoms with Crippen LogP contribution in [-0.2, 0) is 58.9 Å². The van der Waals surface area contributed by atoms with E-state index in [-0.39, 0.29) is 30.3 Å². The molecule has 4 fully saturated rings. The average molecular weight is 997 g/mol. The Balaban J connectivity index is 1.58. The van der Waals surface area contributed by atoms with Gasteiger partial charge in [0, 0.05) is 19.3 Å². The zero-order chi connectivity index (χ0) is 53.2. The summed E-state index contributed by atoms with van der Waals surface area (Å²) in [7, 11) is -0.687. The maximum Gasteiger partial charge on any atom is 0.481 e. The third kappa shape index (κ3) is 15.7. The number of unbranched alkanes of at least 4 members (excludes halogenated alkanes) is 1. The van der Waals surface area contributed by atoms with Crippen molar-refractivity contribution in [1.29, 1.82) is 0 Å². The zero-order valence-electron chi connectivity index (χ0n) is 43.0. The lowest BCUT2D eigenvalue weighted by atomic mass is 9.43. The third-order valence-electron chi connectivity index (χ3n) is 14.4. The van der Waals surface area contributed by atoms with Crippen molar-refractivity contribution in [2.45, 2.75) is 194 Å². The molecule has 71 heavy (non-hydrogen) atoms. The third-order valence-corrected chi connectivity index (χ3v) is 14.4. The van der Waals surface area contributed by atoms with Crippen LogP contribution in [0.2, 0.25) is 0 Å². The maximum atomic E-state index is 14.6. The maximum absolute atomic E-state index is 14.6. The molecule has 9 N–H and O–H groups in total. The van der Waals surface area contributed by atoms with Gasteiger partial charge in [-0.1, -0.05) is 92.5 Å². The number of carbonyl (C=O) groups excluding carboxylic acids is 6. The molecule has 21 heteroatoms. The largest absolute Gasteiger partial charge is 0.481 e. The minimum atomic E-state index is -1.79. The molecule has 0 spiro atoms. The van der Waals surface area contributed by atoms with Gasteiger partial charge in [0.25, 0.3) is 0 Å². The van der Waals surface area contributed by atoms with Crippen LogP contribution >= 0.6 is 0 Å². The van der Waals surface area contributed by atoms with E-state index in [1.807, 2.05) is 13.8 Å². The van der Waals surface area contributed by atoms with E-state index in [9.17, 15) is 53.4 Å². The van der Waals surface area contributed by atoms with E-state index >= 15 is 0 Å². The molecule has 0 aromatic heterocycles. The minimum Gasteiger partial charge on any atom is -0.481 e. The van der Waals surface area contributed by atoms with Crippen molar-refractivity contribution in [3.8, 4) is 0 Å². The molecule has 1 saturated heterocycles. The predicted octanol–water partition coefficient (Wildman–Crippen LogP) is 3.20. The van der Waals surface area contributed by atoms with Crippen LogP contribution in [0.1, 0.15) is 144 Å². The number of hydrogen-bond donors (Lipinski definition) is 9. The van der Waals surface area contributed by atoms with E-state index in [0.717, 1.165) is 31.2 Å². The summed E-state index contributed by atoms with van der Waals surface area (Å²) in [6.07, 6.45) is 0.861. The van der Waals surface area contributed by atoms with Gasteiger partial charge in [0.05, 0.1) is 30.5 Å². The molecule has 0 radical (unpaired) electrons. The molecule has 394 valence electrons. The van der Waals surface area contributed by atoms with Crippen molar-refractivity contribution in [3.63, 3.8) is 0 Å². The number of rotatable bonds is 27. The molecular weight excluding hydrogens is 919 g/mol. The summed E-state index contributed by atoms with van der Waals surface area (Å²) >= 11 is 0. The Kier molecular flexibility index (Phi) is 20.2. The second-order valence-electron chi connectivity index (χ2n) is 21.9. The van der Waals surface area contributed by atoms with Crippen molar-refractivity contribution < 1.29 is 67.8 Å². The van der Waals surface area contributed by atoms with Gasteiger partial charge >= 0.3 is 25.0 Å². The number of aliphatic carboxylic acids is 3. The zero-order valence-corrected chi connectivity index (χ0v) is 43.0. The molecule has 1 heterocycles. The van der Waals surface area contributed by atoms with Gasteiger partial charge in [0.1, 0.15) is 30.2 Å². The Morgan fingerprint density at radius 1 is 0.718 bits per heavy atom. The number of aryl methyl sites for hydroxylation is 1. The molecule has 3 saturated carbocycles. The van der Waals surface area contributed by atoms with Gasteiger partial charge in [0.15, 0.2) is 0 Å². The summed E-state index contributed by atoms with van der Waals surface area (Å²) in [5.41, 5.74) is 0.0157. The highest BCUT2D eigenvalue weighted by atomic mass is 16.7. The molecule has 10 atom stereocenters. The van der Waals surface area contributed by atoms with E-state index in [0.29, 0.717) is 23.8 Å². The molecule has 1 aromatic carbocycles. The summed E-state index contributed by atoms with van der Waals surface area (Å²) in [6, 6.07) is -0.219. The first-order valence-electron chi connectivity index (χ1n) is 24.9. The quantitative estimate of drug-likeness (QED) is 0.0573. The molecule has 0 unspecified atom stereocenters. The van der Waals surface area contributed by atoms with Crippen molar-refractivity contribution in [2.75, 3.05) is 0 Å². The van der Waals surface area contributed by atoms with Crippen LogP contribution in [-0.4, -0.2) is 124 Å². The van der Waals surface area contributed by atoms with Crippen molar-refractivity contribution in [2.24, 2.45) is 28.6 Å². The van der Waals surface area contributed by atoms with E-state index in [1.54, 1.807) is 52.0 Å². The molecule has 6 amide bonds. The summed E-state index contributed by atoms with van der Waals surface area (Å²) in [5, 5.41) is 43.9. The number of nitrogens with one attached hydrogen (secondary N) is 6. The van der Waals surface area contributed by atoms with Gasteiger partial charge in [-0.15, -0.1) is 0 Å². The van der Waals surface area contributed by atoms with Crippen LogP contribution in [0.4, 0.5) is 0 Å². The Labute approximate surface area is 417 Å². The lowest BCUT2D eigenvalue weighted by Gasteiger charge is -2.64. The summed E-state index contributed by atoms with van der Waals surface area (Å²) in [4.78, 5) is 118. The number of carboxylic acids is 3. The predicted molar refractivity (Wildman–Crippen MR) is 261 cm³/mol. The molecule has 3 aliphatic carbocycles. The molecule has 20 nitrogen and oxygen atoms in total. The average Bonchev–Trinajstić information content (AvgIpc) is 3.63. The van der Waals surface area contributed by atoms with Crippen LogP contribution in [0.15, 0.2) is 24.3 Å². The number of hydrogen-bond acceptors (Lipinski definition) is 11. The van der Waals surface area contributed by atoms with Gasteiger partial charge < -0.3 is 56.5 Å². The van der Waals surface area contributed by atoms with Crippen LogP contribution in [0, 0.1) is 35.5 Å². The normalized spacial score (nSPS) is 22.5. The van der Waals surface area contributed by atoms with Gasteiger partial charge in [-0.05, 0) is 85.7 Å².